The van der Waals surface area contributed by atoms with Crippen LogP contribution in [0.15, 0.2) is 47.7 Å². The molecule has 1 saturated heterocycles. The van der Waals surface area contributed by atoms with E-state index in [1.54, 1.807) is 6.07 Å². The van der Waals surface area contributed by atoms with Crippen molar-refractivity contribution < 1.29 is 5.11 Å². The molecule has 0 bridgehead atoms. The summed E-state index contributed by atoms with van der Waals surface area (Å²) in [5.74, 6) is 1.74. The molecule has 0 spiro atoms. The molecule has 0 amide bonds. The average Bonchev–Trinajstić information content (AvgIpc) is 3.19. The molecule has 1 fully saturated rings. The molecule has 1 atom stereocenters. The fraction of sp³-hybridized carbons (Fsp3) is 0.500. The minimum Gasteiger partial charge on any atom is -0.506 e. The van der Waals surface area contributed by atoms with Crippen LogP contribution in [0.3, 0.4) is 0 Å². The second-order valence-corrected chi connectivity index (χ2v) is 6.99. The SMILES string of the molecule is CCNC(=NCC(C)Cn1cccn1)N1CCN(c2ccccc2O)CC1.I. The number of para-hydroxylation sites is 2. The van der Waals surface area contributed by atoms with Crippen molar-refractivity contribution in [2.75, 3.05) is 44.2 Å². The first-order valence-electron chi connectivity index (χ1n) is 9.71. The Morgan fingerprint density at radius 3 is 2.61 bits per heavy atom. The van der Waals surface area contributed by atoms with E-state index in [1.165, 1.54) is 0 Å². The van der Waals surface area contributed by atoms with E-state index in [-0.39, 0.29) is 24.0 Å². The number of nitrogens with zero attached hydrogens (tertiary/aromatic N) is 5. The summed E-state index contributed by atoms with van der Waals surface area (Å²) in [4.78, 5) is 9.39. The van der Waals surface area contributed by atoms with Crippen molar-refractivity contribution in [1.82, 2.24) is 20.0 Å². The van der Waals surface area contributed by atoms with Gasteiger partial charge in [0.05, 0.1) is 5.69 Å². The molecule has 1 unspecified atom stereocenters. The summed E-state index contributed by atoms with van der Waals surface area (Å²) in [6.07, 6.45) is 3.80. The molecule has 1 aromatic heterocycles. The van der Waals surface area contributed by atoms with Crippen molar-refractivity contribution in [1.29, 1.82) is 0 Å². The van der Waals surface area contributed by atoms with E-state index in [0.29, 0.717) is 11.7 Å². The number of halogens is 1. The molecule has 28 heavy (non-hydrogen) atoms. The van der Waals surface area contributed by atoms with E-state index >= 15 is 0 Å². The molecule has 154 valence electrons. The third-order valence-electron chi connectivity index (χ3n) is 4.75. The number of benzene rings is 1. The summed E-state index contributed by atoms with van der Waals surface area (Å²) in [6.45, 7) is 10.3. The van der Waals surface area contributed by atoms with E-state index in [1.807, 2.05) is 41.3 Å². The van der Waals surface area contributed by atoms with Crippen LogP contribution in [0.1, 0.15) is 13.8 Å². The van der Waals surface area contributed by atoms with Crippen molar-refractivity contribution in [2.24, 2.45) is 10.9 Å². The highest BCUT2D eigenvalue weighted by molar-refractivity contribution is 14.0. The Morgan fingerprint density at radius 2 is 1.96 bits per heavy atom. The molecule has 0 saturated carbocycles. The third-order valence-corrected chi connectivity index (χ3v) is 4.75. The number of phenols is 1. The fourth-order valence-electron chi connectivity index (χ4n) is 3.34. The number of aromatic hydroxyl groups is 1. The molecule has 2 heterocycles. The summed E-state index contributed by atoms with van der Waals surface area (Å²) >= 11 is 0. The van der Waals surface area contributed by atoms with Gasteiger partial charge in [-0.15, -0.1) is 24.0 Å². The van der Waals surface area contributed by atoms with Gasteiger partial charge in [-0.25, -0.2) is 0 Å². The van der Waals surface area contributed by atoms with E-state index in [0.717, 1.165) is 57.5 Å². The lowest BCUT2D eigenvalue weighted by molar-refractivity contribution is 0.367. The van der Waals surface area contributed by atoms with Gasteiger partial charge in [-0.05, 0) is 31.0 Å². The Balaban J connectivity index is 0.00000280. The summed E-state index contributed by atoms with van der Waals surface area (Å²) < 4.78 is 1.96. The zero-order chi connectivity index (χ0) is 19.1. The lowest BCUT2D eigenvalue weighted by Gasteiger charge is -2.38. The average molecular weight is 498 g/mol. The number of rotatable bonds is 6. The Hall–Kier alpha value is -1.97. The summed E-state index contributed by atoms with van der Waals surface area (Å²) in [5, 5.41) is 17.8. The number of aromatic nitrogens is 2. The molecule has 0 radical (unpaired) electrons. The molecular weight excluding hydrogens is 467 g/mol. The largest absolute Gasteiger partial charge is 0.506 e. The van der Waals surface area contributed by atoms with Gasteiger partial charge in [-0.3, -0.25) is 9.67 Å². The number of guanidine groups is 1. The summed E-state index contributed by atoms with van der Waals surface area (Å²) in [7, 11) is 0. The van der Waals surface area contributed by atoms with Gasteiger partial charge in [0.25, 0.3) is 0 Å². The Kier molecular flexibility index (Phi) is 8.88. The van der Waals surface area contributed by atoms with Crippen molar-refractivity contribution in [3.05, 3.63) is 42.7 Å². The van der Waals surface area contributed by atoms with E-state index in [2.05, 4.69) is 34.1 Å². The Morgan fingerprint density at radius 1 is 1.21 bits per heavy atom. The molecule has 1 aromatic carbocycles. The van der Waals surface area contributed by atoms with Gasteiger partial charge < -0.3 is 20.2 Å². The zero-order valence-corrected chi connectivity index (χ0v) is 19.0. The molecule has 2 N–H and O–H groups in total. The highest BCUT2D eigenvalue weighted by atomic mass is 127. The normalized spacial score (nSPS) is 15.9. The molecular formula is C20H31IN6O. The minimum absolute atomic E-state index is 0. The minimum atomic E-state index is 0. The second kappa shape index (κ2) is 11.1. The van der Waals surface area contributed by atoms with Gasteiger partial charge >= 0.3 is 0 Å². The van der Waals surface area contributed by atoms with Gasteiger partial charge in [0, 0.05) is 58.2 Å². The van der Waals surface area contributed by atoms with Crippen LogP contribution in [-0.2, 0) is 6.54 Å². The van der Waals surface area contributed by atoms with Crippen molar-refractivity contribution in [3.8, 4) is 5.75 Å². The predicted octanol–water partition coefficient (Wildman–Crippen LogP) is 2.63. The van der Waals surface area contributed by atoms with Crippen LogP contribution in [0.4, 0.5) is 5.69 Å². The van der Waals surface area contributed by atoms with Crippen LogP contribution in [0, 0.1) is 5.92 Å². The number of nitrogens with one attached hydrogen (secondary N) is 1. The topological polar surface area (TPSA) is 68.9 Å². The second-order valence-electron chi connectivity index (χ2n) is 6.99. The molecule has 3 rings (SSSR count). The van der Waals surface area contributed by atoms with Crippen LogP contribution >= 0.6 is 24.0 Å². The molecule has 1 aliphatic rings. The van der Waals surface area contributed by atoms with E-state index < -0.39 is 0 Å². The van der Waals surface area contributed by atoms with Crippen LogP contribution in [0.25, 0.3) is 0 Å². The maximum absolute atomic E-state index is 10.1. The van der Waals surface area contributed by atoms with Gasteiger partial charge in [0.2, 0.25) is 0 Å². The van der Waals surface area contributed by atoms with Crippen molar-refractivity contribution >= 4 is 35.6 Å². The number of anilines is 1. The number of hydrogen-bond donors (Lipinski definition) is 2. The van der Waals surface area contributed by atoms with Gasteiger partial charge in [-0.2, -0.15) is 5.10 Å². The lowest BCUT2D eigenvalue weighted by atomic mass is 10.2. The molecule has 2 aromatic rings. The monoisotopic (exact) mass is 498 g/mol. The standard InChI is InChI=1S/C20H30N6O.HI/c1-3-21-20(22-15-17(2)16-26-10-6-9-23-26)25-13-11-24(12-14-25)18-7-4-5-8-19(18)27;/h4-10,17,27H,3,11-16H2,1-2H3,(H,21,22);1H. The van der Waals surface area contributed by atoms with Gasteiger partial charge in [0.15, 0.2) is 5.96 Å². The Bertz CT molecular complexity index is 728. The summed E-state index contributed by atoms with van der Waals surface area (Å²) in [5.41, 5.74) is 0.909. The number of aliphatic imine (C=N–C) groups is 1. The Labute approximate surface area is 184 Å². The maximum atomic E-state index is 10.1. The zero-order valence-electron chi connectivity index (χ0n) is 16.7. The highest BCUT2D eigenvalue weighted by Gasteiger charge is 2.21. The van der Waals surface area contributed by atoms with Crippen molar-refractivity contribution in [3.63, 3.8) is 0 Å². The first-order chi connectivity index (χ1) is 13.2. The maximum Gasteiger partial charge on any atom is 0.194 e. The number of phenolic OH excluding ortho intramolecular Hbond substituents is 1. The van der Waals surface area contributed by atoms with Crippen LogP contribution in [0.2, 0.25) is 0 Å². The van der Waals surface area contributed by atoms with Crippen LogP contribution in [-0.4, -0.2) is 65.0 Å². The molecule has 8 heteroatoms. The molecule has 1 aliphatic heterocycles. The quantitative estimate of drug-likeness (QED) is 0.364. The van der Waals surface area contributed by atoms with Crippen LogP contribution in [0.5, 0.6) is 5.75 Å². The smallest absolute Gasteiger partial charge is 0.194 e. The first-order valence-corrected chi connectivity index (χ1v) is 9.71. The third kappa shape index (κ3) is 6.02. The number of piperazine rings is 1. The first kappa shape index (κ1) is 22.3. The highest BCUT2D eigenvalue weighted by Crippen LogP contribution is 2.27. The van der Waals surface area contributed by atoms with E-state index in [9.17, 15) is 5.11 Å². The lowest BCUT2D eigenvalue weighted by Crippen LogP contribution is -2.52. The van der Waals surface area contributed by atoms with Gasteiger partial charge in [0.1, 0.15) is 5.75 Å². The summed E-state index contributed by atoms with van der Waals surface area (Å²) in [6, 6.07) is 9.49. The van der Waals surface area contributed by atoms with Crippen molar-refractivity contribution in [2.45, 2.75) is 20.4 Å². The van der Waals surface area contributed by atoms with Gasteiger partial charge in [-0.1, -0.05) is 19.1 Å². The van der Waals surface area contributed by atoms with Crippen LogP contribution < -0.4 is 10.2 Å². The fourth-order valence-corrected chi connectivity index (χ4v) is 3.34. The molecule has 0 aliphatic carbocycles. The molecule has 7 nitrogen and oxygen atoms in total. The van der Waals surface area contributed by atoms with E-state index in [4.69, 9.17) is 4.99 Å². The number of hydrogen-bond acceptors (Lipinski definition) is 4. The predicted molar refractivity (Wildman–Crippen MR) is 125 cm³/mol.